The Kier molecular flexibility index (Phi) is 4.46. The number of nitro benzene ring substituents is 1. The fourth-order valence-corrected chi connectivity index (χ4v) is 2.59. The molecule has 8 heteroatoms. The van der Waals surface area contributed by atoms with Gasteiger partial charge in [-0.2, -0.15) is 0 Å². The Bertz CT molecular complexity index is 572. The van der Waals surface area contributed by atoms with Crippen LogP contribution in [0.5, 0.6) is 0 Å². The van der Waals surface area contributed by atoms with Crippen LogP contribution >= 0.6 is 11.6 Å². The zero-order chi connectivity index (χ0) is 15.6. The second-order valence-electron chi connectivity index (χ2n) is 5.31. The van der Waals surface area contributed by atoms with Gasteiger partial charge in [-0.1, -0.05) is 11.6 Å². The number of carboxylic acid groups (broad SMARTS) is 1. The third-order valence-electron chi connectivity index (χ3n) is 3.30. The second kappa shape index (κ2) is 5.97. The first kappa shape index (κ1) is 15.7. The van der Waals surface area contributed by atoms with Gasteiger partial charge in [-0.3, -0.25) is 15.0 Å². The Labute approximate surface area is 126 Å². The van der Waals surface area contributed by atoms with Crippen molar-refractivity contribution in [3.8, 4) is 0 Å². The van der Waals surface area contributed by atoms with E-state index in [0.717, 1.165) is 5.56 Å². The highest BCUT2D eigenvalue weighted by Crippen LogP contribution is 2.29. The zero-order valence-corrected chi connectivity index (χ0v) is 12.2. The van der Waals surface area contributed by atoms with Crippen molar-refractivity contribution in [3.05, 3.63) is 38.9 Å². The lowest BCUT2D eigenvalue weighted by molar-refractivity contribution is -0.384. The highest BCUT2D eigenvalue weighted by atomic mass is 35.5. The van der Waals surface area contributed by atoms with Crippen LogP contribution in [-0.4, -0.2) is 46.2 Å². The minimum absolute atomic E-state index is 0.0398. The SMILES string of the molecule is CC1(OCC(=O)O)CN(Cc2ccc([N+](=O)[O-])cc2Cl)C1. The van der Waals surface area contributed by atoms with Crippen LogP contribution in [-0.2, 0) is 16.1 Å². The first-order chi connectivity index (χ1) is 9.79. The van der Waals surface area contributed by atoms with Crippen LogP contribution in [0.2, 0.25) is 5.02 Å². The fourth-order valence-electron chi connectivity index (χ4n) is 2.36. The van der Waals surface area contributed by atoms with Crippen LogP contribution < -0.4 is 0 Å². The van der Waals surface area contributed by atoms with Gasteiger partial charge in [0.2, 0.25) is 0 Å². The van der Waals surface area contributed by atoms with Crippen LogP contribution in [0.25, 0.3) is 0 Å². The summed E-state index contributed by atoms with van der Waals surface area (Å²) in [6, 6.07) is 4.38. The molecular formula is C13H15ClN2O5. The van der Waals surface area contributed by atoms with Crippen molar-refractivity contribution < 1.29 is 19.6 Å². The van der Waals surface area contributed by atoms with E-state index in [0.29, 0.717) is 24.7 Å². The number of nitrogens with zero attached hydrogens (tertiary/aromatic N) is 2. The normalized spacial score (nSPS) is 17.2. The van der Waals surface area contributed by atoms with Crippen molar-refractivity contribution in [2.24, 2.45) is 0 Å². The average molecular weight is 315 g/mol. The van der Waals surface area contributed by atoms with Crippen LogP contribution in [0.3, 0.4) is 0 Å². The minimum atomic E-state index is -0.993. The third-order valence-corrected chi connectivity index (χ3v) is 3.65. The van der Waals surface area contributed by atoms with Crippen LogP contribution in [0.15, 0.2) is 18.2 Å². The molecule has 0 radical (unpaired) electrons. The molecule has 0 atom stereocenters. The molecule has 21 heavy (non-hydrogen) atoms. The number of benzene rings is 1. The Hall–Kier alpha value is -1.70. The summed E-state index contributed by atoms with van der Waals surface area (Å²) < 4.78 is 5.31. The number of ether oxygens (including phenoxy) is 1. The highest BCUT2D eigenvalue weighted by molar-refractivity contribution is 6.31. The van der Waals surface area contributed by atoms with Crippen LogP contribution in [0.4, 0.5) is 5.69 Å². The number of rotatable bonds is 6. The van der Waals surface area contributed by atoms with Gasteiger partial charge in [-0.25, -0.2) is 4.79 Å². The van der Waals surface area contributed by atoms with E-state index in [1.807, 2.05) is 11.8 Å². The van der Waals surface area contributed by atoms with E-state index < -0.39 is 16.5 Å². The molecule has 0 spiro atoms. The molecular weight excluding hydrogens is 300 g/mol. The van der Waals surface area contributed by atoms with E-state index in [1.165, 1.54) is 12.1 Å². The van der Waals surface area contributed by atoms with Gasteiger partial charge in [0, 0.05) is 31.8 Å². The number of halogens is 1. The molecule has 114 valence electrons. The number of likely N-dealkylation sites (tertiary alicyclic amines) is 1. The molecule has 1 saturated heterocycles. The maximum Gasteiger partial charge on any atom is 0.329 e. The molecule has 1 N–H and O–H groups in total. The molecule has 1 aliphatic heterocycles. The largest absolute Gasteiger partial charge is 0.480 e. The molecule has 0 aromatic heterocycles. The number of carbonyl (C=O) groups is 1. The van der Waals surface area contributed by atoms with E-state index in [2.05, 4.69) is 0 Å². The standard InChI is InChI=1S/C13H15ClN2O5/c1-13(21-6-12(17)18)7-15(8-13)5-9-2-3-10(16(19)20)4-11(9)14/h2-4H,5-8H2,1H3,(H,17,18). The number of hydrogen-bond donors (Lipinski definition) is 1. The molecule has 1 aliphatic rings. The molecule has 0 saturated carbocycles. The van der Waals surface area contributed by atoms with Gasteiger partial charge in [0.15, 0.2) is 0 Å². The maximum absolute atomic E-state index is 10.6. The van der Waals surface area contributed by atoms with Crippen molar-refractivity contribution in [2.75, 3.05) is 19.7 Å². The van der Waals surface area contributed by atoms with E-state index in [9.17, 15) is 14.9 Å². The van der Waals surface area contributed by atoms with E-state index in [-0.39, 0.29) is 12.3 Å². The third kappa shape index (κ3) is 3.90. The Morgan fingerprint density at radius 3 is 2.76 bits per heavy atom. The highest BCUT2D eigenvalue weighted by Gasteiger charge is 2.40. The summed E-state index contributed by atoms with van der Waals surface area (Å²) in [5, 5.41) is 19.6. The lowest BCUT2D eigenvalue weighted by Crippen LogP contribution is -2.61. The number of carboxylic acids is 1. The monoisotopic (exact) mass is 314 g/mol. The molecule has 0 unspecified atom stereocenters. The Morgan fingerprint density at radius 1 is 1.57 bits per heavy atom. The average Bonchev–Trinajstić information content (AvgIpc) is 2.36. The van der Waals surface area contributed by atoms with Crippen molar-refractivity contribution in [2.45, 2.75) is 19.1 Å². The number of hydrogen-bond acceptors (Lipinski definition) is 5. The molecule has 1 aromatic rings. The summed E-state index contributed by atoms with van der Waals surface area (Å²) in [4.78, 5) is 22.7. The smallest absolute Gasteiger partial charge is 0.329 e. The molecule has 1 fully saturated rings. The molecule has 0 bridgehead atoms. The first-order valence-corrected chi connectivity index (χ1v) is 6.68. The summed E-state index contributed by atoms with van der Waals surface area (Å²) in [6.45, 7) is 3.26. The zero-order valence-electron chi connectivity index (χ0n) is 11.4. The Balaban J connectivity index is 1.90. The van der Waals surface area contributed by atoms with Gasteiger partial charge in [-0.15, -0.1) is 0 Å². The van der Waals surface area contributed by atoms with Crippen LogP contribution in [0, 0.1) is 10.1 Å². The summed E-state index contributed by atoms with van der Waals surface area (Å²) in [6.07, 6.45) is 0. The van der Waals surface area contributed by atoms with E-state index in [1.54, 1.807) is 6.07 Å². The second-order valence-corrected chi connectivity index (χ2v) is 5.72. The van der Waals surface area contributed by atoms with Crippen molar-refractivity contribution in [1.82, 2.24) is 4.90 Å². The molecule has 7 nitrogen and oxygen atoms in total. The minimum Gasteiger partial charge on any atom is -0.480 e. The predicted octanol–water partition coefficient (Wildman–Crippen LogP) is 1.92. The summed E-state index contributed by atoms with van der Waals surface area (Å²) >= 11 is 6.03. The fraction of sp³-hybridized carbons (Fsp3) is 0.462. The van der Waals surface area contributed by atoms with E-state index in [4.69, 9.17) is 21.4 Å². The molecule has 0 aliphatic carbocycles. The molecule has 0 amide bonds. The van der Waals surface area contributed by atoms with Gasteiger partial charge < -0.3 is 9.84 Å². The van der Waals surface area contributed by atoms with Gasteiger partial charge in [0.05, 0.1) is 15.5 Å². The summed E-state index contributed by atoms with van der Waals surface area (Å²) in [5.41, 5.74) is 0.288. The first-order valence-electron chi connectivity index (χ1n) is 6.30. The topological polar surface area (TPSA) is 92.9 Å². The lowest BCUT2D eigenvalue weighted by Gasteiger charge is -2.47. The van der Waals surface area contributed by atoms with Gasteiger partial charge >= 0.3 is 5.97 Å². The summed E-state index contributed by atoms with van der Waals surface area (Å²) in [5.74, 6) is -0.993. The van der Waals surface area contributed by atoms with Gasteiger partial charge in [-0.05, 0) is 18.6 Å². The van der Waals surface area contributed by atoms with Crippen LogP contribution in [0.1, 0.15) is 12.5 Å². The number of non-ortho nitro benzene ring substituents is 1. The van der Waals surface area contributed by atoms with Crippen molar-refractivity contribution in [1.29, 1.82) is 0 Å². The van der Waals surface area contributed by atoms with Gasteiger partial charge in [0.1, 0.15) is 6.61 Å². The molecule has 2 rings (SSSR count). The molecule has 1 aromatic carbocycles. The number of aliphatic carboxylic acids is 1. The number of nitro groups is 1. The van der Waals surface area contributed by atoms with Crippen molar-refractivity contribution >= 4 is 23.3 Å². The van der Waals surface area contributed by atoms with Crippen molar-refractivity contribution in [3.63, 3.8) is 0 Å². The Morgan fingerprint density at radius 2 is 2.24 bits per heavy atom. The van der Waals surface area contributed by atoms with Gasteiger partial charge in [0.25, 0.3) is 5.69 Å². The quantitative estimate of drug-likeness (QED) is 0.637. The summed E-state index contributed by atoms with van der Waals surface area (Å²) in [7, 11) is 0. The van der Waals surface area contributed by atoms with E-state index >= 15 is 0 Å². The molecule has 1 heterocycles. The maximum atomic E-state index is 10.6. The predicted molar refractivity (Wildman–Crippen MR) is 75.4 cm³/mol. The lowest BCUT2D eigenvalue weighted by atomic mass is 9.95.